The maximum absolute atomic E-state index is 12.7. The first-order valence-corrected chi connectivity index (χ1v) is 12.2. The van der Waals surface area contributed by atoms with E-state index in [0.717, 1.165) is 19.3 Å². The highest BCUT2D eigenvalue weighted by Crippen LogP contribution is 2.43. The highest BCUT2D eigenvalue weighted by Gasteiger charge is 2.36. The van der Waals surface area contributed by atoms with Crippen molar-refractivity contribution in [2.24, 2.45) is 5.92 Å². The van der Waals surface area contributed by atoms with E-state index in [2.05, 4.69) is 21.5 Å². The van der Waals surface area contributed by atoms with Gasteiger partial charge in [-0.1, -0.05) is 0 Å². The van der Waals surface area contributed by atoms with Crippen LogP contribution in [0.4, 0.5) is 11.5 Å². The average molecular weight is 453 g/mol. The van der Waals surface area contributed by atoms with Gasteiger partial charge in [-0.25, -0.2) is 8.42 Å². The highest BCUT2D eigenvalue weighted by molar-refractivity contribution is 7.89. The normalized spacial score (nSPS) is 19.9. The molecule has 10 heteroatoms. The number of sulfonamides is 1. The van der Waals surface area contributed by atoms with E-state index < -0.39 is 10.0 Å². The van der Waals surface area contributed by atoms with Crippen LogP contribution in [0.1, 0.15) is 38.6 Å². The van der Waals surface area contributed by atoms with Gasteiger partial charge < -0.3 is 10.3 Å². The number of H-pyrrole nitrogens is 1. The minimum Gasteiger partial charge on any atom is -0.338 e. The third-order valence-electron chi connectivity index (χ3n) is 6.39. The zero-order valence-corrected chi connectivity index (χ0v) is 18.5. The number of benzene rings is 1. The Morgan fingerprint density at radius 3 is 2.59 bits per heavy atom. The summed E-state index contributed by atoms with van der Waals surface area (Å²) in [5.74, 6) is 0.774. The predicted molar refractivity (Wildman–Crippen MR) is 120 cm³/mol. The molecule has 1 saturated carbocycles. The van der Waals surface area contributed by atoms with Crippen LogP contribution in [0.5, 0.6) is 0 Å². The number of pyridine rings is 1. The maximum Gasteiger partial charge on any atom is 0.261 e. The molecule has 1 aliphatic carbocycles. The average Bonchev–Trinajstić information content (AvgIpc) is 3.53. The lowest BCUT2D eigenvalue weighted by Gasteiger charge is -2.37. The Hall–Kier alpha value is -3.16. The lowest BCUT2D eigenvalue weighted by molar-refractivity contribution is 0.217. The summed E-state index contributed by atoms with van der Waals surface area (Å²) >= 11 is 0. The number of nitrogens with zero attached hydrogens (tertiary/aromatic N) is 4. The van der Waals surface area contributed by atoms with Gasteiger partial charge in [0.25, 0.3) is 5.56 Å². The molecule has 2 aromatic heterocycles. The molecule has 32 heavy (non-hydrogen) atoms. The number of hydrogen-bond donors (Lipinski definition) is 2. The van der Waals surface area contributed by atoms with Crippen LogP contribution in [0.15, 0.2) is 46.2 Å². The maximum atomic E-state index is 12.7. The number of nitrogens with one attached hydrogen (secondary N) is 2. The Morgan fingerprint density at radius 2 is 2.00 bits per heavy atom. The zero-order chi connectivity index (χ0) is 22.5. The van der Waals surface area contributed by atoms with E-state index in [1.54, 1.807) is 41.2 Å². The predicted octanol–water partition coefficient (Wildman–Crippen LogP) is 3.12. The lowest BCUT2D eigenvalue weighted by atomic mass is 10.1. The summed E-state index contributed by atoms with van der Waals surface area (Å²) in [6.07, 6.45) is 4.88. The first kappa shape index (κ1) is 20.7. The number of fused-ring (bicyclic) bond motifs is 1. The molecule has 3 aromatic rings. The number of aromatic amines is 1. The van der Waals surface area contributed by atoms with Crippen LogP contribution in [-0.4, -0.2) is 40.1 Å². The van der Waals surface area contributed by atoms with E-state index in [4.69, 9.17) is 0 Å². The molecule has 0 unspecified atom stereocenters. The van der Waals surface area contributed by atoms with Gasteiger partial charge in [0.15, 0.2) is 5.82 Å². The van der Waals surface area contributed by atoms with Crippen molar-refractivity contribution in [1.82, 2.24) is 19.1 Å². The molecule has 0 amide bonds. The van der Waals surface area contributed by atoms with Crippen molar-refractivity contribution < 1.29 is 8.42 Å². The number of aromatic nitrogens is 3. The van der Waals surface area contributed by atoms with Crippen molar-refractivity contribution in [3.8, 4) is 6.07 Å². The first-order valence-electron chi connectivity index (χ1n) is 10.8. The number of anilines is 2. The van der Waals surface area contributed by atoms with Gasteiger partial charge in [0, 0.05) is 24.5 Å². The van der Waals surface area contributed by atoms with Crippen LogP contribution in [0.2, 0.25) is 0 Å². The van der Waals surface area contributed by atoms with Gasteiger partial charge in [0.2, 0.25) is 10.0 Å². The summed E-state index contributed by atoms with van der Waals surface area (Å²) in [5.41, 5.74) is 1.03. The number of nitriles is 1. The van der Waals surface area contributed by atoms with E-state index in [0.29, 0.717) is 41.3 Å². The molecule has 166 valence electrons. The van der Waals surface area contributed by atoms with E-state index >= 15 is 0 Å². The Kier molecular flexibility index (Phi) is 5.03. The van der Waals surface area contributed by atoms with Crippen LogP contribution >= 0.6 is 0 Å². The van der Waals surface area contributed by atoms with Gasteiger partial charge in [0.05, 0.1) is 28.9 Å². The van der Waals surface area contributed by atoms with Crippen LogP contribution in [0.3, 0.4) is 0 Å². The van der Waals surface area contributed by atoms with Gasteiger partial charge in [-0.2, -0.15) is 14.7 Å². The minimum atomic E-state index is -3.50. The summed E-state index contributed by atoms with van der Waals surface area (Å²) in [6.45, 7) is 2.44. The zero-order valence-electron chi connectivity index (χ0n) is 17.7. The van der Waals surface area contributed by atoms with Gasteiger partial charge in [-0.15, -0.1) is 0 Å². The van der Waals surface area contributed by atoms with Gasteiger partial charge >= 0.3 is 0 Å². The number of hydrogen-bond acceptors (Lipinski definition) is 6. The topological polar surface area (TPSA) is 124 Å². The van der Waals surface area contributed by atoms with Crippen molar-refractivity contribution in [2.45, 2.75) is 49.6 Å². The van der Waals surface area contributed by atoms with Crippen molar-refractivity contribution in [3.63, 3.8) is 0 Å². The quantitative estimate of drug-likeness (QED) is 0.568. The molecule has 1 aliphatic heterocycles. The van der Waals surface area contributed by atoms with Crippen molar-refractivity contribution in [2.75, 3.05) is 11.9 Å². The molecule has 9 nitrogen and oxygen atoms in total. The van der Waals surface area contributed by atoms with E-state index in [-0.39, 0.29) is 22.5 Å². The second-order valence-corrected chi connectivity index (χ2v) is 10.4. The summed E-state index contributed by atoms with van der Waals surface area (Å²) in [5, 5.41) is 17.5. The minimum absolute atomic E-state index is 0.0210. The van der Waals surface area contributed by atoms with Crippen LogP contribution in [0, 0.1) is 17.2 Å². The number of rotatable bonds is 7. The summed E-state index contributed by atoms with van der Waals surface area (Å²) in [4.78, 5) is 15.5. The first-order chi connectivity index (χ1) is 15.4. The molecule has 2 N–H and O–H groups in total. The Bertz CT molecular complexity index is 1370. The highest BCUT2D eigenvalue weighted by atomic mass is 32.2. The second-order valence-electron chi connectivity index (χ2n) is 8.53. The van der Waals surface area contributed by atoms with Gasteiger partial charge in [0.1, 0.15) is 5.39 Å². The Labute approximate surface area is 185 Å². The van der Waals surface area contributed by atoms with Crippen molar-refractivity contribution in [1.29, 1.82) is 5.26 Å². The van der Waals surface area contributed by atoms with E-state index in [1.165, 1.54) is 4.31 Å². The largest absolute Gasteiger partial charge is 0.338 e. The SMILES string of the molecule is C[C@H]1CCN1S(=O)(=O)c1ccc(Nc2nn([C@@H](CC#N)C3CC3)c3cc[nH]c(=O)c23)cc1. The third kappa shape index (κ3) is 3.47. The smallest absolute Gasteiger partial charge is 0.261 e. The van der Waals surface area contributed by atoms with Crippen molar-refractivity contribution >= 4 is 32.4 Å². The lowest BCUT2D eigenvalue weighted by Crippen LogP contribution is -2.49. The molecule has 1 saturated heterocycles. The molecule has 0 bridgehead atoms. The van der Waals surface area contributed by atoms with Gasteiger partial charge in [-0.05, 0) is 62.4 Å². The van der Waals surface area contributed by atoms with Gasteiger partial charge in [-0.3, -0.25) is 9.48 Å². The fraction of sp³-hybridized carbons (Fsp3) is 0.409. The fourth-order valence-corrected chi connectivity index (χ4v) is 5.98. The Morgan fingerprint density at radius 1 is 1.25 bits per heavy atom. The fourth-order valence-electron chi connectivity index (χ4n) is 4.30. The molecule has 3 heterocycles. The summed E-state index contributed by atoms with van der Waals surface area (Å²) < 4.78 is 28.8. The monoisotopic (exact) mass is 452 g/mol. The standard InChI is InChI=1S/C22H24N6O3S/c1-14-10-13-27(14)32(30,31)17-6-4-16(5-7-17)25-21-20-19(9-12-24-22(20)29)28(26-21)18(8-11-23)15-2-3-15/h4-7,9,12,14-15,18H,2-3,8,10,13H2,1H3,(H,24,29)(H,25,26)/t14-,18-/m0/s1. The molecule has 5 rings (SSSR count). The molecule has 0 spiro atoms. The molecular formula is C22H24N6O3S. The summed E-state index contributed by atoms with van der Waals surface area (Å²) in [7, 11) is -3.50. The second kappa shape index (κ2) is 7.76. The molecule has 0 radical (unpaired) electrons. The molecular weight excluding hydrogens is 428 g/mol. The molecule has 1 aromatic carbocycles. The van der Waals surface area contributed by atoms with Crippen LogP contribution in [-0.2, 0) is 10.0 Å². The van der Waals surface area contributed by atoms with Crippen molar-refractivity contribution in [3.05, 3.63) is 46.9 Å². The summed E-state index contributed by atoms with van der Waals surface area (Å²) in [6, 6.07) is 10.5. The molecule has 2 aliphatic rings. The third-order valence-corrected chi connectivity index (χ3v) is 8.42. The molecule has 2 atom stereocenters. The van der Waals surface area contributed by atoms with E-state index in [1.807, 2.05) is 6.92 Å². The van der Waals surface area contributed by atoms with E-state index in [9.17, 15) is 18.5 Å². The molecule has 2 fully saturated rings. The Balaban J connectivity index is 1.48. The van der Waals surface area contributed by atoms with Crippen LogP contribution < -0.4 is 10.9 Å². The van der Waals surface area contributed by atoms with Crippen LogP contribution in [0.25, 0.3) is 10.9 Å².